The maximum Gasteiger partial charge on any atom is 0.265 e. The normalized spacial score (nSPS) is 14.2. The highest BCUT2D eigenvalue weighted by molar-refractivity contribution is 8.04. The predicted octanol–water partition coefficient (Wildman–Crippen LogP) is 5.80. The molecule has 4 rings (SSSR count). The molecule has 0 saturated heterocycles. The Morgan fingerprint density at radius 1 is 1.00 bits per heavy atom. The molecule has 3 aromatic carbocycles. The quantitative estimate of drug-likeness (QED) is 0.272. The van der Waals surface area contributed by atoms with Crippen LogP contribution in [0.4, 0.5) is 5.69 Å². The SMILES string of the molecule is CCOC(CNC(=O)c1ccc2c(c1)N(Cc1cccc(C)c1)C(=O)C(=Cc1ccccc1)S2)OCC. The van der Waals surface area contributed by atoms with Gasteiger partial charge in [-0.05, 0) is 56.2 Å². The Labute approximate surface area is 222 Å². The number of thioether (sulfide) groups is 1. The second-order valence-electron chi connectivity index (χ2n) is 8.63. The second kappa shape index (κ2) is 12.7. The van der Waals surface area contributed by atoms with E-state index in [-0.39, 0.29) is 18.4 Å². The van der Waals surface area contributed by atoms with Crippen molar-refractivity contribution in [2.24, 2.45) is 0 Å². The van der Waals surface area contributed by atoms with Crippen LogP contribution >= 0.6 is 11.8 Å². The number of nitrogens with zero attached hydrogens (tertiary/aromatic N) is 1. The van der Waals surface area contributed by atoms with Crippen LogP contribution in [0.1, 0.15) is 40.9 Å². The molecule has 7 heteroatoms. The Hall–Kier alpha value is -3.39. The monoisotopic (exact) mass is 516 g/mol. The molecule has 0 saturated carbocycles. The lowest BCUT2D eigenvalue weighted by Gasteiger charge is -2.31. The average molecular weight is 517 g/mol. The number of fused-ring (bicyclic) bond motifs is 1. The smallest absolute Gasteiger partial charge is 0.265 e. The van der Waals surface area contributed by atoms with E-state index >= 15 is 0 Å². The fourth-order valence-electron chi connectivity index (χ4n) is 4.12. The minimum Gasteiger partial charge on any atom is -0.351 e. The fraction of sp³-hybridized carbons (Fsp3) is 0.267. The molecule has 0 bridgehead atoms. The Kier molecular flexibility index (Phi) is 9.17. The van der Waals surface area contributed by atoms with Gasteiger partial charge in [0.25, 0.3) is 11.8 Å². The summed E-state index contributed by atoms with van der Waals surface area (Å²) in [5.74, 6) is -0.334. The van der Waals surface area contributed by atoms with Crippen LogP contribution in [-0.4, -0.2) is 37.9 Å². The zero-order valence-corrected chi connectivity index (χ0v) is 22.2. The third kappa shape index (κ3) is 6.89. The molecule has 192 valence electrons. The summed E-state index contributed by atoms with van der Waals surface area (Å²) in [5, 5.41) is 2.89. The van der Waals surface area contributed by atoms with E-state index in [1.165, 1.54) is 11.8 Å². The molecule has 3 aromatic rings. The molecule has 0 radical (unpaired) electrons. The lowest BCUT2D eigenvalue weighted by atomic mass is 10.1. The van der Waals surface area contributed by atoms with E-state index in [1.807, 2.05) is 81.4 Å². The van der Waals surface area contributed by atoms with Gasteiger partial charge >= 0.3 is 0 Å². The number of nitrogens with one attached hydrogen (secondary N) is 1. The van der Waals surface area contributed by atoms with Crippen LogP contribution in [0.15, 0.2) is 82.6 Å². The van der Waals surface area contributed by atoms with Gasteiger partial charge in [-0.25, -0.2) is 0 Å². The number of carbonyl (C=O) groups excluding carboxylic acids is 2. The molecule has 37 heavy (non-hydrogen) atoms. The van der Waals surface area contributed by atoms with Gasteiger partial charge in [0.15, 0.2) is 6.29 Å². The summed E-state index contributed by atoms with van der Waals surface area (Å²) in [4.78, 5) is 30.0. The Morgan fingerprint density at radius 2 is 1.76 bits per heavy atom. The highest BCUT2D eigenvalue weighted by Gasteiger charge is 2.30. The predicted molar refractivity (Wildman–Crippen MR) is 148 cm³/mol. The van der Waals surface area contributed by atoms with E-state index in [0.717, 1.165) is 27.3 Å². The van der Waals surface area contributed by atoms with Gasteiger partial charge in [-0.1, -0.05) is 71.9 Å². The van der Waals surface area contributed by atoms with E-state index < -0.39 is 6.29 Å². The molecule has 0 aromatic heterocycles. The number of ether oxygens (including phenoxy) is 2. The van der Waals surface area contributed by atoms with Crippen molar-refractivity contribution in [3.8, 4) is 0 Å². The van der Waals surface area contributed by atoms with Gasteiger partial charge in [0, 0.05) is 23.7 Å². The number of benzene rings is 3. The number of hydrogen-bond acceptors (Lipinski definition) is 5. The fourth-order valence-corrected chi connectivity index (χ4v) is 5.16. The molecule has 0 unspecified atom stereocenters. The van der Waals surface area contributed by atoms with Crippen molar-refractivity contribution in [3.63, 3.8) is 0 Å². The number of hydrogen-bond donors (Lipinski definition) is 1. The summed E-state index contributed by atoms with van der Waals surface area (Å²) in [6, 6.07) is 23.4. The molecule has 0 fully saturated rings. The molecule has 0 aliphatic carbocycles. The Bertz CT molecular complexity index is 1270. The molecule has 6 nitrogen and oxygen atoms in total. The summed E-state index contributed by atoms with van der Waals surface area (Å²) in [5.41, 5.74) is 4.31. The summed E-state index contributed by atoms with van der Waals surface area (Å²) in [7, 11) is 0. The number of amides is 2. The standard InChI is InChI=1S/C30H32N2O4S/c1-4-35-28(36-5-2)19-31-29(33)24-14-15-26-25(18-24)32(20-23-13-9-10-21(3)16-23)30(34)27(37-26)17-22-11-7-6-8-12-22/h6-18,28H,4-5,19-20H2,1-3H3,(H,31,33). The van der Waals surface area contributed by atoms with Gasteiger partial charge in [0.05, 0.1) is 23.7 Å². The van der Waals surface area contributed by atoms with Gasteiger partial charge in [0.2, 0.25) is 0 Å². The van der Waals surface area contributed by atoms with Crippen LogP contribution in [0.5, 0.6) is 0 Å². The third-order valence-corrected chi connectivity index (χ3v) is 6.92. The lowest BCUT2D eigenvalue weighted by molar-refractivity contribution is -0.131. The van der Waals surface area contributed by atoms with Crippen LogP contribution in [0, 0.1) is 6.92 Å². The van der Waals surface area contributed by atoms with Crippen molar-refractivity contribution in [2.45, 2.75) is 38.5 Å². The van der Waals surface area contributed by atoms with Gasteiger partial charge in [-0.15, -0.1) is 0 Å². The molecule has 0 spiro atoms. The molecule has 0 atom stereocenters. The minimum absolute atomic E-state index is 0.0897. The zero-order valence-electron chi connectivity index (χ0n) is 21.4. The molecule has 1 N–H and O–H groups in total. The number of aryl methyl sites for hydroxylation is 1. The van der Waals surface area contributed by atoms with Crippen LogP contribution in [0.2, 0.25) is 0 Å². The van der Waals surface area contributed by atoms with Gasteiger partial charge in [0.1, 0.15) is 0 Å². The van der Waals surface area contributed by atoms with Crippen LogP contribution < -0.4 is 10.2 Å². The molecule has 1 heterocycles. The molecular formula is C30H32N2O4S. The van der Waals surface area contributed by atoms with Crippen LogP contribution in [0.25, 0.3) is 6.08 Å². The summed E-state index contributed by atoms with van der Waals surface area (Å²) in [6.07, 6.45) is 1.42. The number of carbonyl (C=O) groups is 2. The van der Waals surface area contributed by atoms with E-state index in [2.05, 4.69) is 11.4 Å². The maximum absolute atomic E-state index is 13.7. The number of rotatable bonds is 10. The van der Waals surface area contributed by atoms with Crippen molar-refractivity contribution in [1.82, 2.24) is 5.32 Å². The lowest BCUT2D eigenvalue weighted by Crippen LogP contribution is -2.36. The third-order valence-electron chi connectivity index (χ3n) is 5.84. The first-order valence-corrected chi connectivity index (χ1v) is 13.3. The van der Waals surface area contributed by atoms with Crippen molar-refractivity contribution >= 4 is 35.3 Å². The van der Waals surface area contributed by atoms with Crippen molar-refractivity contribution < 1.29 is 19.1 Å². The maximum atomic E-state index is 13.7. The first-order valence-electron chi connectivity index (χ1n) is 12.5. The van der Waals surface area contributed by atoms with E-state index in [4.69, 9.17) is 9.47 Å². The minimum atomic E-state index is -0.503. The van der Waals surface area contributed by atoms with E-state index in [0.29, 0.717) is 30.2 Å². The van der Waals surface area contributed by atoms with Gasteiger partial charge in [-0.3, -0.25) is 9.59 Å². The van der Waals surface area contributed by atoms with Crippen molar-refractivity contribution in [3.05, 3.63) is 100.0 Å². The Balaban J connectivity index is 1.64. The molecular weight excluding hydrogens is 484 g/mol. The van der Waals surface area contributed by atoms with Crippen LogP contribution in [0.3, 0.4) is 0 Å². The van der Waals surface area contributed by atoms with E-state index in [9.17, 15) is 9.59 Å². The molecule has 2 amide bonds. The van der Waals surface area contributed by atoms with Crippen molar-refractivity contribution in [1.29, 1.82) is 0 Å². The topological polar surface area (TPSA) is 67.9 Å². The van der Waals surface area contributed by atoms with Gasteiger partial charge < -0.3 is 19.7 Å². The highest BCUT2D eigenvalue weighted by Crippen LogP contribution is 2.43. The first kappa shape index (κ1) is 26.7. The number of anilines is 1. The second-order valence-corrected chi connectivity index (χ2v) is 9.72. The van der Waals surface area contributed by atoms with Crippen LogP contribution in [-0.2, 0) is 20.8 Å². The Morgan fingerprint density at radius 3 is 2.46 bits per heavy atom. The molecule has 1 aliphatic rings. The first-order chi connectivity index (χ1) is 18.0. The average Bonchev–Trinajstić information content (AvgIpc) is 2.90. The van der Waals surface area contributed by atoms with E-state index in [1.54, 1.807) is 17.0 Å². The largest absolute Gasteiger partial charge is 0.351 e. The summed E-state index contributed by atoms with van der Waals surface area (Å²) < 4.78 is 11.1. The highest BCUT2D eigenvalue weighted by atomic mass is 32.2. The zero-order chi connectivity index (χ0) is 26.2. The summed E-state index contributed by atoms with van der Waals surface area (Å²) >= 11 is 1.43. The summed E-state index contributed by atoms with van der Waals surface area (Å²) in [6.45, 7) is 7.43. The van der Waals surface area contributed by atoms with Gasteiger partial charge in [-0.2, -0.15) is 0 Å². The van der Waals surface area contributed by atoms with Crippen molar-refractivity contribution in [2.75, 3.05) is 24.7 Å². The molecule has 1 aliphatic heterocycles.